The average molecular weight is 398 g/mol. The van der Waals surface area contributed by atoms with Gasteiger partial charge in [0.2, 0.25) is 5.91 Å². The third-order valence-corrected chi connectivity index (χ3v) is 4.33. The minimum Gasteiger partial charge on any atom is -0.332 e. The SMILES string of the molecule is CC(C)c1ccc(C(=O)NC(=S)Nc2cccc(NC(=O)C(C)(C)C)c2)cc1. The molecule has 0 aliphatic rings. The average Bonchev–Trinajstić information content (AvgIpc) is 2.61. The van der Waals surface area contributed by atoms with Gasteiger partial charge in [-0.3, -0.25) is 14.9 Å². The number of thiocarbonyl (C=S) groups is 1. The van der Waals surface area contributed by atoms with Gasteiger partial charge in [-0.15, -0.1) is 0 Å². The van der Waals surface area contributed by atoms with E-state index < -0.39 is 5.41 Å². The van der Waals surface area contributed by atoms with E-state index in [-0.39, 0.29) is 16.9 Å². The summed E-state index contributed by atoms with van der Waals surface area (Å²) in [5, 5.41) is 8.70. The van der Waals surface area contributed by atoms with Crippen LogP contribution >= 0.6 is 12.2 Å². The molecule has 2 amide bonds. The fraction of sp³-hybridized carbons (Fsp3) is 0.318. The molecule has 0 aliphatic heterocycles. The molecule has 0 atom stereocenters. The lowest BCUT2D eigenvalue weighted by Crippen LogP contribution is -2.34. The number of nitrogens with one attached hydrogen (secondary N) is 3. The van der Waals surface area contributed by atoms with Crippen molar-refractivity contribution >= 4 is 40.5 Å². The number of amides is 2. The zero-order valence-corrected chi connectivity index (χ0v) is 17.7. The van der Waals surface area contributed by atoms with E-state index in [4.69, 9.17) is 12.2 Å². The van der Waals surface area contributed by atoms with Crippen LogP contribution in [0.25, 0.3) is 0 Å². The second kappa shape index (κ2) is 8.97. The highest BCUT2D eigenvalue weighted by atomic mass is 32.1. The second-order valence-corrected chi connectivity index (χ2v) is 8.38. The summed E-state index contributed by atoms with van der Waals surface area (Å²) in [6.07, 6.45) is 0. The molecule has 0 radical (unpaired) electrons. The van der Waals surface area contributed by atoms with Crippen LogP contribution in [0, 0.1) is 5.41 Å². The molecule has 148 valence electrons. The first-order valence-electron chi connectivity index (χ1n) is 9.20. The predicted molar refractivity (Wildman–Crippen MR) is 119 cm³/mol. The number of carbonyl (C=O) groups is 2. The number of hydrogen-bond acceptors (Lipinski definition) is 3. The Morgan fingerprint density at radius 1 is 0.929 bits per heavy atom. The van der Waals surface area contributed by atoms with Gasteiger partial charge in [-0.25, -0.2) is 0 Å². The zero-order valence-electron chi connectivity index (χ0n) is 16.9. The highest BCUT2D eigenvalue weighted by molar-refractivity contribution is 7.80. The van der Waals surface area contributed by atoms with Gasteiger partial charge in [0.25, 0.3) is 5.91 Å². The summed E-state index contributed by atoms with van der Waals surface area (Å²) >= 11 is 5.24. The molecule has 0 saturated carbocycles. The third kappa shape index (κ3) is 6.16. The molecule has 2 rings (SSSR count). The third-order valence-electron chi connectivity index (χ3n) is 4.13. The molecule has 6 heteroatoms. The van der Waals surface area contributed by atoms with E-state index in [9.17, 15) is 9.59 Å². The minimum absolute atomic E-state index is 0.0784. The number of benzene rings is 2. The molecule has 0 bridgehead atoms. The largest absolute Gasteiger partial charge is 0.332 e. The first-order chi connectivity index (χ1) is 13.1. The molecular formula is C22H27N3O2S. The van der Waals surface area contributed by atoms with E-state index >= 15 is 0 Å². The van der Waals surface area contributed by atoms with Gasteiger partial charge in [0, 0.05) is 22.4 Å². The molecule has 0 spiro atoms. The molecule has 3 N–H and O–H groups in total. The number of rotatable bonds is 4. The lowest BCUT2D eigenvalue weighted by atomic mass is 9.95. The van der Waals surface area contributed by atoms with E-state index in [1.807, 2.05) is 39.0 Å². The summed E-state index contributed by atoms with van der Waals surface area (Å²) in [6.45, 7) is 9.76. The number of anilines is 2. The first-order valence-corrected chi connectivity index (χ1v) is 9.61. The van der Waals surface area contributed by atoms with Crippen LogP contribution in [0.15, 0.2) is 48.5 Å². The molecule has 0 aliphatic carbocycles. The predicted octanol–water partition coefficient (Wildman–Crippen LogP) is 4.92. The molecule has 0 unspecified atom stereocenters. The smallest absolute Gasteiger partial charge is 0.257 e. The lowest BCUT2D eigenvalue weighted by Gasteiger charge is -2.18. The maximum atomic E-state index is 12.4. The van der Waals surface area contributed by atoms with Crippen molar-refractivity contribution in [2.45, 2.75) is 40.5 Å². The van der Waals surface area contributed by atoms with Gasteiger partial charge in [-0.05, 0) is 54.0 Å². The summed E-state index contributed by atoms with van der Waals surface area (Å²) in [5.41, 5.74) is 2.55. The van der Waals surface area contributed by atoms with Crippen LogP contribution in [-0.2, 0) is 4.79 Å². The maximum Gasteiger partial charge on any atom is 0.257 e. The van der Waals surface area contributed by atoms with Crippen molar-refractivity contribution in [2.24, 2.45) is 5.41 Å². The summed E-state index contributed by atoms with van der Waals surface area (Å²) in [7, 11) is 0. The van der Waals surface area contributed by atoms with Gasteiger partial charge in [0.15, 0.2) is 5.11 Å². The molecular weight excluding hydrogens is 370 g/mol. The molecule has 0 heterocycles. The van der Waals surface area contributed by atoms with Crippen molar-refractivity contribution in [3.8, 4) is 0 Å². The van der Waals surface area contributed by atoms with Crippen molar-refractivity contribution < 1.29 is 9.59 Å². The normalized spacial score (nSPS) is 11.1. The van der Waals surface area contributed by atoms with E-state index in [2.05, 4.69) is 29.8 Å². The molecule has 0 aromatic heterocycles. The topological polar surface area (TPSA) is 70.2 Å². The van der Waals surface area contributed by atoms with Gasteiger partial charge < -0.3 is 10.6 Å². The van der Waals surface area contributed by atoms with Gasteiger partial charge in [0.05, 0.1) is 0 Å². The van der Waals surface area contributed by atoms with E-state index in [1.165, 1.54) is 5.56 Å². The van der Waals surface area contributed by atoms with Crippen LogP contribution in [0.1, 0.15) is 56.5 Å². The van der Waals surface area contributed by atoms with Gasteiger partial charge in [-0.2, -0.15) is 0 Å². The standard InChI is InChI=1S/C22H27N3O2S/c1-14(2)15-9-11-16(12-10-15)19(26)25-21(28)24-18-8-6-7-17(13-18)23-20(27)22(3,4)5/h6-14H,1-5H3,(H,23,27)(H2,24,25,26,28). The van der Waals surface area contributed by atoms with Crippen LogP contribution in [0.4, 0.5) is 11.4 Å². The summed E-state index contributed by atoms with van der Waals surface area (Å²) in [5.74, 6) is 0.0567. The molecule has 2 aromatic carbocycles. The monoisotopic (exact) mass is 397 g/mol. The fourth-order valence-electron chi connectivity index (χ4n) is 2.35. The van der Waals surface area contributed by atoms with E-state index in [1.54, 1.807) is 30.3 Å². The van der Waals surface area contributed by atoms with Crippen molar-refractivity contribution in [3.63, 3.8) is 0 Å². The highest BCUT2D eigenvalue weighted by Gasteiger charge is 2.21. The molecule has 2 aromatic rings. The Morgan fingerprint density at radius 3 is 2.04 bits per heavy atom. The molecule has 0 fully saturated rings. The second-order valence-electron chi connectivity index (χ2n) is 7.97. The van der Waals surface area contributed by atoms with Crippen molar-refractivity contribution in [2.75, 3.05) is 10.6 Å². The van der Waals surface area contributed by atoms with Crippen molar-refractivity contribution in [1.29, 1.82) is 0 Å². The summed E-state index contributed by atoms with van der Waals surface area (Å²) in [6, 6.07) is 14.6. The Hall–Kier alpha value is -2.73. The zero-order chi connectivity index (χ0) is 20.9. The number of carbonyl (C=O) groups excluding carboxylic acids is 2. The Bertz CT molecular complexity index is 868. The maximum absolute atomic E-state index is 12.4. The summed E-state index contributed by atoms with van der Waals surface area (Å²) in [4.78, 5) is 24.5. The van der Waals surface area contributed by atoms with Crippen molar-refractivity contribution in [3.05, 3.63) is 59.7 Å². The Balaban J connectivity index is 1.98. The van der Waals surface area contributed by atoms with E-state index in [0.717, 1.165) is 0 Å². The molecule has 0 saturated heterocycles. The van der Waals surface area contributed by atoms with Crippen LogP contribution in [0.2, 0.25) is 0 Å². The fourth-order valence-corrected chi connectivity index (χ4v) is 2.56. The lowest BCUT2D eigenvalue weighted by molar-refractivity contribution is -0.123. The minimum atomic E-state index is -0.488. The Morgan fingerprint density at radius 2 is 1.50 bits per heavy atom. The molecule has 5 nitrogen and oxygen atoms in total. The van der Waals surface area contributed by atoms with E-state index in [0.29, 0.717) is 22.9 Å². The Labute approximate surface area is 171 Å². The highest BCUT2D eigenvalue weighted by Crippen LogP contribution is 2.20. The van der Waals surface area contributed by atoms with Crippen molar-refractivity contribution in [1.82, 2.24) is 5.32 Å². The Kier molecular flexibility index (Phi) is 6.91. The number of hydrogen-bond donors (Lipinski definition) is 3. The molecule has 28 heavy (non-hydrogen) atoms. The first kappa shape index (κ1) is 21.6. The summed E-state index contributed by atoms with van der Waals surface area (Å²) < 4.78 is 0. The van der Waals surface area contributed by atoms with Gasteiger partial charge >= 0.3 is 0 Å². The van der Waals surface area contributed by atoms with Gasteiger partial charge in [0.1, 0.15) is 0 Å². The van der Waals surface area contributed by atoms with Crippen LogP contribution in [-0.4, -0.2) is 16.9 Å². The van der Waals surface area contributed by atoms with Crippen LogP contribution < -0.4 is 16.0 Å². The van der Waals surface area contributed by atoms with Gasteiger partial charge in [-0.1, -0.05) is 52.8 Å². The van der Waals surface area contributed by atoms with Crippen LogP contribution in [0.3, 0.4) is 0 Å². The van der Waals surface area contributed by atoms with Crippen LogP contribution in [0.5, 0.6) is 0 Å². The quantitative estimate of drug-likeness (QED) is 0.641.